The standard InChI is InChI=1S/C18H28N6O7/c1-17(2)27-9-12(29-17)13-14(15-16(28-13)31-18(3,4)30-15)26-8-10-6-24(23-21-10)7-11(25)5-20-22-19/h6,11-16,25H,5,7-9H2,1-4H3/t11?,12-,13-,14+,15-,16-/m1/s1. The lowest BCUT2D eigenvalue weighted by atomic mass is 10.1. The van der Waals surface area contributed by atoms with Crippen molar-refractivity contribution in [2.45, 2.75) is 89.2 Å². The Labute approximate surface area is 179 Å². The summed E-state index contributed by atoms with van der Waals surface area (Å²) >= 11 is 0. The van der Waals surface area contributed by atoms with Crippen molar-refractivity contribution in [3.05, 3.63) is 22.3 Å². The molecule has 1 unspecified atom stereocenters. The lowest BCUT2D eigenvalue weighted by Gasteiger charge is -2.28. The van der Waals surface area contributed by atoms with Gasteiger partial charge in [-0.2, -0.15) is 0 Å². The van der Waals surface area contributed by atoms with E-state index in [1.54, 1.807) is 6.20 Å². The maximum atomic E-state index is 9.84. The number of ether oxygens (including phenoxy) is 6. The molecule has 4 rings (SSSR count). The molecule has 1 N–H and O–H groups in total. The molecule has 3 fully saturated rings. The van der Waals surface area contributed by atoms with Gasteiger partial charge in [0, 0.05) is 4.91 Å². The molecule has 3 aliphatic heterocycles. The van der Waals surface area contributed by atoms with E-state index < -0.39 is 42.3 Å². The quantitative estimate of drug-likeness (QED) is 0.352. The molecule has 6 atom stereocenters. The average Bonchev–Trinajstić information content (AvgIpc) is 3.41. The third-order valence-electron chi connectivity index (χ3n) is 5.19. The smallest absolute Gasteiger partial charge is 0.190 e. The lowest BCUT2D eigenvalue weighted by molar-refractivity contribution is -0.236. The van der Waals surface area contributed by atoms with E-state index in [1.807, 2.05) is 27.7 Å². The van der Waals surface area contributed by atoms with Crippen molar-refractivity contribution in [1.29, 1.82) is 0 Å². The Morgan fingerprint density at radius 2 is 2.10 bits per heavy atom. The van der Waals surface area contributed by atoms with Crippen molar-refractivity contribution < 1.29 is 33.5 Å². The largest absolute Gasteiger partial charge is 0.391 e. The molecule has 0 aliphatic carbocycles. The summed E-state index contributed by atoms with van der Waals surface area (Å²) in [5.41, 5.74) is 8.90. The van der Waals surface area contributed by atoms with Crippen molar-refractivity contribution in [3.63, 3.8) is 0 Å². The minimum absolute atomic E-state index is 0.0424. The Morgan fingerprint density at radius 1 is 1.29 bits per heavy atom. The highest BCUT2D eigenvalue weighted by Crippen LogP contribution is 2.42. The first kappa shape index (κ1) is 22.4. The predicted octanol–water partition coefficient (Wildman–Crippen LogP) is 0.862. The molecule has 3 aliphatic rings. The van der Waals surface area contributed by atoms with Gasteiger partial charge in [-0.3, -0.25) is 0 Å². The number of azide groups is 1. The maximum absolute atomic E-state index is 9.84. The highest BCUT2D eigenvalue weighted by Gasteiger charge is 2.58. The lowest BCUT2D eigenvalue weighted by Crippen LogP contribution is -2.44. The Kier molecular flexibility index (Phi) is 6.21. The summed E-state index contributed by atoms with van der Waals surface area (Å²) in [6.45, 7) is 7.99. The van der Waals surface area contributed by atoms with E-state index in [0.29, 0.717) is 12.3 Å². The second-order valence-corrected chi connectivity index (χ2v) is 8.71. The zero-order valence-electron chi connectivity index (χ0n) is 17.9. The van der Waals surface area contributed by atoms with E-state index in [0.717, 1.165) is 0 Å². The van der Waals surface area contributed by atoms with Gasteiger partial charge < -0.3 is 33.5 Å². The molecule has 0 amide bonds. The van der Waals surface area contributed by atoms with Gasteiger partial charge >= 0.3 is 0 Å². The van der Waals surface area contributed by atoms with Crippen LogP contribution in [0.5, 0.6) is 0 Å². The normalized spacial score (nSPS) is 34.4. The molecule has 0 saturated carbocycles. The average molecular weight is 440 g/mol. The molecule has 4 heterocycles. The van der Waals surface area contributed by atoms with Gasteiger partial charge in [0.25, 0.3) is 0 Å². The summed E-state index contributed by atoms with van der Waals surface area (Å²) < 4.78 is 37.3. The van der Waals surface area contributed by atoms with E-state index in [2.05, 4.69) is 20.3 Å². The van der Waals surface area contributed by atoms with Gasteiger partial charge in [0.15, 0.2) is 17.9 Å². The molecule has 172 valence electrons. The van der Waals surface area contributed by atoms with Crippen LogP contribution in [-0.2, 0) is 41.6 Å². The molecule has 13 heteroatoms. The van der Waals surface area contributed by atoms with Gasteiger partial charge in [0.05, 0.1) is 38.6 Å². The van der Waals surface area contributed by atoms with Crippen molar-refractivity contribution >= 4 is 0 Å². The van der Waals surface area contributed by atoms with E-state index >= 15 is 0 Å². The number of hydrogen-bond acceptors (Lipinski definition) is 10. The van der Waals surface area contributed by atoms with Crippen molar-refractivity contribution in [2.24, 2.45) is 5.11 Å². The van der Waals surface area contributed by atoms with E-state index in [1.165, 1.54) is 4.68 Å². The predicted molar refractivity (Wildman–Crippen MR) is 102 cm³/mol. The minimum atomic E-state index is -0.853. The fraction of sp³-hybridized carbons (Fsp3) is 0.889. The zero-order valence-corrected chi connectivity index (χ0v) is 17.9. The van der Waals surface area contributed by atoms with Gasteiger partial charge in [-0.1, -0.05) is 10.3 Å². The van der Waals surface area contributed by atoms with Crippen LogP contribution >= 0.6 is 0 Å². The molecule has 13 nitrogen and oxygen atoms in total. The van der Waals surface area contributed by atoms with Crippen LogP contribution in [0.15, 0.2) is 11.3 Å². The molecule has 0 aromatic carbocycles. The van der Waals surface area contributed by atoms with E-state index in [-0.39, 0.29) is 25.8 Å². The highest BCUT2D eigenvalue weighted by atomic mass is 16.8. The molecule has 0 spiro atoms. The third kappa shape index (κ3) is 5.16. The molecular formula is C18H28N6O7. The van der Waals surface area contributed by atoms with Crippen LogP contribution in [0.2, 0.25) is 0 Å². The molecule has 31 heavy (non-hydrogen) atoms. The SMILES string of the molecule is CC1(C)O[C@H]2O[C@H]([C@H]3COC(C)(C)O3)[C@H](OCc3cn(CC(O)CN=[N+]=[N-])nn3)[C@H]2O1. The van der Waals surface area contributed by atoms with Crippen LogP contribution in [0.3, 0.4) is 0 Å². The number of rotatable bonds is 8. The topological polar surface area (TPSA) is 155 Å². The monoisotopic (exact) mass is 440 g/mol. The fourth-order valence-electron chi connectivity index (χ4n) is 3.95. The van der Waals surface area contributed by atoms with Crippen molar-refractivity contribution in [2.75, 3.05) is 13.2 Å². The van der Waals surface area contributed by atoms with Crippen LogP contribution in [0.25, 0.3) is 10.4 Å². The summed E-state index contributed by atoms with van der Waals surface area (Å²) in [5, 5.41) is 21.2. The Balaban J connectivity index is 1.40. The van der Waals surface area contributed by atoms with Crippen LogP contribution < -0.4 is 0 Å². The second-order valence-electron chi connectivity index (χ2n) is 8.71. The zero-order chi connectivity index (χ0) is 22.2. The van der Waals surface area contributed by atoms with Gasteiger partial charge in [-0.25, -0.2) is 4.68 Å². The Morgan fingerprint density at radius 3 is 2.81 bits per heavy atom. The van der Waals surface area contributed by atoms with Crippen LogP contribution in [0.1, 0.15) is 33.4 Å². The van der Waals surface area contributed by atoms with Crippen molar-refractivity contribution in [3.8, 4) is 0 Å². The fourth-order valence-corrected chi connectivity index (χ4v) is 3.95. The van der Waals surface area contributed by atoms with Gasteiger partial charge in [-0.05, 0) is 33.2 Å². The molecular weight excluding hydrogens is 412 g/mol. The van der Waals surface area contributed by atoms with E-state index in [4.69, 9.17) is 34.0 Å². The molecule has 3 saturated heterocycles. The number of aromatic nitrogens is 3. The summed E-state index contributed by atoms with van der Waals surface area (Å²) in [4.78, 5) is 2.63. The Bertz CT molecular complexity index is 826. The molecule has 0 bridgehead atoms. The van der Waals surface area contributed by atoms with Gasteiger partial charge in [-0.15, -0.1) is 5.10 Å². The third-order valence-corrected chi connectivity index (χ3v) is 5.19. The number of fused-ring (bicyclic) bond motifs is 1. The van der Waals surface area contributed by atoms with Crippen LogP contribution in [0, 0.1) is 0 Å². The summed E-state index contributed by atoms with van der Waals surface area (Å²) in [7, 11) is 0. The van der Waals surface area contributed by atoms with Crippen LogP contribution in [0.4, 0.5) is 0 Å². The summed E-state index contributed by atoms with van der Waals surface area (Å²) in [5.74, 6) is -1.48. The van der Waals surface area contributed by atoms with E-state index in [9.17, 15) is 5.11 Å². The first-order valence-electron chi connectivity index (χ1n) is 10.2. The van der Waals surface area contributed by atoms with Gasteiger partial charge in [0.1, 0.15) is 30.1 Å². The Hall–Kier alpha value is -1.83. The minimum Gasteiger partial charge on any atom is -0.391 e. The molecule has 1 aromatic rings. The molecule has 0 radical (unpaired) electrons. The number of hydrogen-bond donors (Lipinski definition) is 1. The van der Waals surface area contributed by atoms with Crippen LogP contribution in [-0.4, -0.2) is 81.6 Å². The maximum Gasteiger partial charge on any atom is 0.190 e. The molecule has 1 aromatic heterocycles. The summed E-state index contributed by atoms with van der Waals surface area (Å²) in [6.07, 6.45) is -1.41. The highest BCUT2D eigenvalue weighted by molar-refractivity contribution is 5.00. The second kappa shape index (κ2) is 8.60. The number of nitrogens with zero attached hydrogens (tertiary/aromatic N) is 6. The first-order valence-corrected chi connectivity index (χ1v) is 10.2. The number of aliphatic hydroxyl groups excluding tert-OH is 1. The first-order chi connectivity index (χ1) is 14.7. The van der Waals surface area contributed by atoms with Crippen molar-refractivity contribution in [1.82, 2.24) is 15.0 Å². The number of aliphatic hydroxyl groups is 1. The summed E-state index contributed by atoms with van der Waals surface area (Å²) in [6, 6.07) is 0. The van der Waals surface area contributed by atoms with Gasteiger partial charge in [0.2, 0.25) is 0 Å².